The van der Waals surface area contributed by atoms with Crippen molar-refractivity contribution in [2.75, 3.05) is 17.5 Å². The first-order valence-corrected chi connectivity index (χ1v) is 9.28. The monoisotopic (exact) mass is 368 g/mol. The van der Waals surface area contributed by atoms with Crippen molar-refractivity contribution in [1.82, 2.24) is 10.5 Å². The highest BCUT2D eigenvalue weighted by atomic mass is 32.1. The minimum Gasteiger partial charge on any atom is -0.481 e. The minimum absolute atomic E-state index is 0.0274. The minimum atomic E-state index is -0.818. The number of aliphatic carboxylic acids is 1. The van der Waals surface area contributed by atoms with Crippen molar-refractivity contribution in [3.63, 3.8) is 0 Å². The van der Waals surface area contributed by atoms with Gasteiger partial charge in [0.25, 0.3) is 0 Å². The fourth-order valence-corrected chi connectivity index (χ4v) is 4.48. The first kappa shape index (κ1) is 16.8. The molecule has 1 aliphatic rings. The highest BCUT2D eigenvalue weighted by molar-refractivity contribution is 7.17. The van der Waals surface area contributed by atoms with E-state index < -0.39 is 5.97 Å². The molecule has 0 amide bonds. The highest BCUT2D eigenvalue weighted by Gasteiger charge is 2.26. The number of pyridine rings is 1. The van der Waals surface area contributed by atoms with Crippen LogP contribution in [0.3, 0.4) is 0 Å². The molecule has 0 radical (unpaired) electrons. The fraction of sp³-hybridized carbons (Fsp3) is 0.263. The number of hydrogen-bond acceptors (Lipinski definition) is 6. The summed E-state index contributed by atoms with van der Waals surface area (Å²) >= 11 is 1.71. The van der Waals surface area contributed by atoms with Crippen molar-refractivity contribution in [3.8, 4) is 0 Å². The summed E-state index contributed by atoms with van der Waals surface area (Å²) in [5.74, 6) is -0.257. The summed E-state index contributed by atoms with van der Waals surface area (Å²) in [6, 6.07) is 6.30. The maximum Gasteiger partial charge on any atom is 0.304 e. The van der Waals surface area contributed by atoms with Gasteiger partial charge in [0.2, 0.25) is 0 Å². The normalized spacial score (nSPS) is 14.3. The highest BCUT2D eigenvalue weighted by Crippen LogP contribution is 2.39. The molecule has 1 aromatic carbocycles. The van der Waals surface area contributed by atoms with Crippen LogP contribution in [0, 0.1) is 13.8 Å². The summed E-state index contributed by atoms with van der Waals surface area (Å²) in [5, 5.41) is 14.6. The van der Waals surface area contributed by atoms with E-state index in [-0.39, 0.29) is 12.3 Å². The number of rotatable bonds is 4. The number of carboxylic acids is 1. The van der Waals surface area contributed by atoms with E-state index in [0.717, 1.165) is 33.6 Å². The van der Waals surface area contributed by atoms with Crippen molar-refractivity contribution in [1.29, 1.82) is 0 Å². The first-order valence-electron chi connectivity index (χ1n) is 8.40. The number of carboxylic acid groups (broad SMARTS) is 1. The number of anilines is 2. The van der Waals surface area contributed by atoms with Gasteiger partial charge in [-0.15, -0.1) is 16.9 Å². The molecule has 0 saturated carbocycles. The molecule has 3 heterocycles. The lowest BCUT2D eigenvalue weighted by molar-refractivity contribution is -0.137. The van der Waals surface area contributed by atoms with Crippen LogP contribution in [0.4, 0.5) is 11.5 Å². The lowest BCUT2D eigenvalue weighted by Gasteiger charge is -2.20. The number of fused-ring (bicyclic) bond motifs is 2. The van der Waals surface area contributed by atoms with Crippen molar-refractivity contribution in [3.05, 3.63) is 52.0 Å². The maximum absolute atomic E-state index is 11.6. The van der Waals surface area contributed by atoms with E-state index in [1.165, 1.54) is 10.3 Å². The van der Waals surface area contributed by atoms with E-state index in [9.17, 15) is 9.90 Å². The molecule has 1 atom stereocenters. The number of carbonyl (C=O) groups is 1. The average Bonchev–Trinajstić information content (AvgIpc) is 3.21. The fourth-order valence-electron chi connectivity index (χ4n) is 3.63. The number of hydrazine groups is 2. The molecule has 3 N–H and O–H groups in total. The molecule has 0 unspecified atom stereocenters. The number of hydrogen-bond donors (Lipinski definition) is 3. The van der Waals surface area contributed by atoms with Gasteiger partial charge in [0.05, 0.1) is 12.1 Å². The van der Waals surface area contributed by atoms with Gasteiger partial charge in [-0.2, -0.15) is 0 Å². The maximum atomic E-state index is 11.6. The van der Waals surface area contributed by atoms with Gasteiger partial charge in [0.15, 0.2) is 5.82 Å². The van der Waals surface area contributed by atoms with Crippen LogP contribution in [0.1, 0.15) is 34.6 Å². The number of thiophene rings is 1. The molecule has 1 aliphatic heterocycles. The molecule has 4 rings (SSSR count). The van der Waals surface area contributed by atoms with E-state index in [4.69, 9.17) is 0 Å². The van der Waals surface area contributed by atoms with E-state index in [1.807, 2.05) is 14.0 Å². The predicted molar refractivity (Wildman–Crippen MR) is 105 cm³/mol. The Hall–Kier alpha value is -2.64. The van der Waals surface area contributed by atoms with Crippen LogP contribution in [0.15, 0.2) is 29.8 Å². The van der Waals surface area contributed by atoms with Crippen molar-refractivity contribution in [2.45, 2.75) is 26.2 Å². The summed E-state index contributed by atoms with van der Waals surface area (Å²) < 4.78 is 1.25. The molecular weight excluding hydrogens is 348 g/mol. The molecule has 0 aliphatic carbocycles. The van der Waals surface area contributed by atoms with Crippen LogP contribution in [-0.4, -0.2) is 23.1 Å². The molecule has 7 heteroatoms. The summed E-state index contributed by atoms with van der Waals surface area (Å²) in [4.78, 5) is 16.1. The van der Waals surface area contributed by atoms with Gasteiger partial charge in [-0.05, 0) is 59.0 Å². The summed E-state index contributed by atoms with van der Waals surface area (Å²) in [6.45, 7) is 4.09. The number of nitrogens with one attached hydrogen (secondary N) is 2. The van der Waals surface area contributed by atoms with Crippen LogP contribution in [0.25, 0.3) is 10.1 Å². The Kier molecular flexibility index (Phi) is 4.05. The Bertz CT molecular complexity index is 1010. The van der Waals surface area contributed by atoms with Crippen LogP contribution in [-0.2, 0) is 4.79 Å². The second-order valence-corrected chi connectivity index (χ2v) is 7.58. The summed E-state index contributed by atoms with van der Waals surface area (Å²) in [5.41, 5.74) is 11.2. The third kappa shape index (κ3) is 2.69. The third-order valence-corrected chi connectivity index (χ3v) is 6.01. The lowest BCUT2D eigenvalue weighted by Crippen LogP contribution is -2.32. The number of nitrogens with zero attached hydrogens (tertiary/aromatic N) is 2. The summed E-state index contributed by atoms with van der Waals surface area (Å²) in [7, 11) is 1.88. The second-order valence-electron chi connectivity index (χ2n) is 6.66. The van der Waals surface area contributed by atoms with E-state index in [2.05, 4.69) is 46.4 Å². The smallest absolute Gasteiger partial charge is 0.304 e. The van der Waals surface area contributed by atoms with E-state index in [1.54, 1.807) is 22.5 Å². The predicted octanol–water partition coefficient (Wildman–Crippen LogP) is 3.80. The molecule has 0 saturated heterocycles. The molecule has 0 bridgehead atoms. The van der Waals surface area contributed by atoms with Gasteiger partial charge >= 0.3 is 5.97 Å². The van der Waals surface area contributed by atoms with Crippen molar-refractivity contribution >= 4 is 38.9 Å². The van der Waals surface area contributed by atoms with Gasteiger partial charge in [-0.1, -0.05) is 6.07 Å². The van der Waals surface area contributed by atoms with Gasteiger partial charge in [0, 0.05) is 23.9 Å². The van der Waals surface area contributed by atoms with Crippen LogP contribution >= 0.6 is 11.3 Å². The largest absolute Gasteiger partial charge is 0.481 e. The van der Waals surface area contributed by atoms with E-state index >= 15 is 0 Å². The molecule has 0 spiro atoms. The van der Waals surface area contributed by atoms with Crippen LogP contribution in [0.5, 0.6) is 0 Å². The molecule has 134 valence electrons. The van der Waals surface area contributed by atoms with Crippen LogP contribution < -0.4 is 16.0 Å². The quantitative estimate of drug-likeness (QED) is 0.650. The molecule has 3 aromatic rings. The van der Waals surface area contributed by atoms with Gasteiger partial charge in [-0.3, -0.25) is 15.2 Å². The average molecular weight is 368 g/mol. The topological polar surface area (TPSA) is 77.5 Å². The Morgan fingerprint density at radius 3 is 2.96 bits per heavy atom. The molecule has 2 aromatic heterocycles. The first-order chi connectivity index (χ1) is 12.5. The Morgan fingerprint density at radius 2 is 2.19 bits per heavy atom. The lowest BCUT2D eigenvalue weighted by atomic mass is 9.85. The third-order valence-electron chi connectivity index (χ3n) is 4.94. The van der Waals surface area contributed by atoms with E-state index in [0.29, 0.717) is 0 Å². The Balaban J connectivity index is 1.86. The van der Waals surface area contributed by atoms with Crippen molar-refractivity contribution in [2.24, 2.45) is 0 Å². The Labute approximate surface area is 155 Å². The Morgan fingerprint density at radius 1 is 1.38 bits per heavy atom. The number of aryl methyl sites for hydroxylation is 1. The van der Waals surface area contributed by atoms with Gasteiger partial charge in [-0.25, -0.2) is 4.98 Å². The number of aromatic nitrogens is 1. The number of benzene rings is 1. The zero-order chi connectivity index (χ0) is 18.4. The zero-order valence-electron chi connectivity index (χ0n) is 14.8. The van der Waals surface area contributed by atoms with Crippen LogP contribution in [0.2, 0.25) is 0 Å². The van der Waals surface area contributed by atoms with Gasteiger partial charge in [0.1, 0.15) is 0 Å². The van der Waals surface area contributed by atoms with Crippen molar-refractivity contribution < 1.29 is 9.90 Å². The molecule has 26 heavy (non-hydrogen) atoms. The standard InChI is InChI=1S/C19H20N4O2S/c1-10-6-13(7-12-4-5-26-18(10)12)14(8-16(24)25)15-9-20-19-17(11(15)2)21-22-23(19)3/h4-7,9,14,21-22H,8H2,1-3H3,(H,24,25)/t14-/m0/s1. The molecule has 0 fully saturated rings. The van der Waals surface area contributed by atoms with Gasteiger partial charge < -0.3 is 5.11 Å². The second kappa shape index (κ2) is 6.26. The SMILES string of the molecule is Cc1c([C@@H](CC(=O)O)c2cc(C)c3sccc3c2)cnc2c1NNN2C. The molecular formula is C19H20N4O2S. The zero-order valence-corrected chi connectivity index (χ0v) is 15.6. The molecule has 6 nitrogen and oxygen atoms in total. The summed E-state index contributed by atoms with van der Waals surface area (Å²) in [6.07, 6.45) is 1.83.